The van der Waals surface area contributed by atoms with E-state index in [1.54, 1.807) is 6.20 Å². The zero-order valence-electron chi connectivity index (χ0n) is 18.3. The first-order valence-corrected chi connectivity index (χ1v) is 11.1. The Balaban J connectivity index is 1.50. The second kappa shape index (κ2) is 9.02. The zero-order chi connectivity index (χ0) is 21.9. The van der Waals surface area contributed by atoms with Gasteiger partial charge in [-0.15, -0.1) is 0 Å². The SMILES string of the molecule is CN(CCN)Cc1cccc(-c2nc(NCc3cccnc3)c3cnn(C4CC4)c3n2)c1. The second-order valence-electron chi connectivity index (χ2n) is 8.40. The summed E-state index contributed by atoms with van der Waals surface area (Å²) in [5.74, 6) is 1.50. The van der Waals surface area contributed by atoms with Crippen molar-refractivity contribution in [3.8, 4) is 11.4 Å². The van der Waals surface area contributed by atoms with Crippen molar-refractivity contribution < 1.29 is 0 Å². The lowest BCUT2D eigenvalue weighted by Gasteiger charge is -2.16. The maximum atomic E-state index is 5.70. The summed E-state index contributed by atoms with van der Waals surface area (Å²) < 4.78 is 2.05. The Morgan fingerprint density at radius 3 is 2.78 bits per heavy atom. The largest absolute Gasteiger partial charge is 0.365 e. The fraction of sp³-hybridized carbons (Fsp3) is 0.333. The Morgan fingerprint density at radius 2 is 2.00 bits per heavy atom. The van der Waals surface area contributed by atoms with Crippen LogP contribution in [-0.4, -0.2) is 49.8 Å². The van der Waals surface area contributed by atoms with E-state index in [0.29, 0.717) is 25.0 Å². The predicted molar refractivity (Wildman–Crippen MR) is 126 cm³/mol. The van der Waals surface area contributed by atoms with Crippen molar-refractivity contribution in [2.45, 2.75) is 32.0 Å². The summed E-state index contributed by atoms with van der Waals surface area (Å²) in [5, 5.41) is 9.06. The third-order valence-electron chi connectivity index (χ3n) is 5.68. The van der Waals surface area contributed by atoms with Gasteiger partial charge in [-0.1, -0.05) is 24.3 Å². The molecule has 4 aromatic rings. The highest BCUT2D eigenvalue weighted by Gasteiger charge is 2.27. The van der Waals surface area contributed by atoms with Crippen LogP contribution in [0.1, 0.15) is 30.0 Å². The lowest BCUT2D eigenvalue weighted by molar-refractivity contribution is 0.336. The molecule has 0 unspecified atom stereocenters. The van der Waals surface area contributed by atoms with Crippen molar-refractivity contribution in [2.75, 3.05) is 25.5 Å². The van der Waals surface area contributed by atoms with Gasteiger partial charge in [0, 0.05) is 44.1 Å². The molecular weight excluding hydrogens is 400 g/mol. The Bertz CT molecular complexity index is 1200. The third kappa shape index (κ3) is 4.46. The summed E-state index contributed by atoms with van der Waals surface area (Å²) in [6, 6.07) is 12.9. The maximum Gasteiger partial charge on any atom is 0.164 e. The van der Waals surface area contributed by atoms with Crippen LogP contribution < -0.4 is 11.1 Å². The van der Waals surface area contributed by atoms with Crippen molar-refractivity contribution in [3.05, 3.63) is 66.1 Å². The van der Waals surface area contributed by atoms with E-state index in [0.717, 1.165) is 53.9 Å². The quantitative estimate of drug-likeness (QED) is 0.422. The van der Waals surface area contributed by atoms with Gasteiger partial charge in [0.1, 0.15) is 5.82 Å². The number of nitrogens with zero attached hydrogens (tertiary/aromatic N) is 6. The predicted octanol–water partition coefficient (Wildman–Crippen LogP) is 3.23. The summed E-state index contributed by atoms with van der Waals surface area (Å²) in [6.07, 6.45) is 7.82. The molecule has 8 heteroatoms. The molecule has 164 valence electrons. The van der Waals surface area contributed by atoms with Crippen LogP contribution in [0, 0.1) is 0 Å². The molecule has 1 fully saturated rings. The van der Waals surface area contributed by atoms with E-state index >= 15 is 0 Å². The minimum atomic E-state index is 0.442. The Morgan fingerprint density at radius 1 is 1.12 bits per heavy atom. The number of nitrogens with two attached hydrogens (primary N) is 1. The first kappa shape index (κ1) is 20.5. The zero-order valence-corrected chi connectivity index (χ0v) is 18.3. The maximum absolute atomic E-state index is 5.70. The molecule has 32 heavy (non-hydrogen) atoms. The van der Waals surface area contributed by atoms with Crippen LogP contribution in [0.5, 0.6) is 0 Å². The number of aromatic nitrogens is 5. The molecule has 0 bridgehead atoms. The van der Waals surface area contributed by atoms with Gasteiger partial charge in [-0.2, -0.15) is 5.10 Å². The van der Waals surface area contributed by atoms with Gasteiger partial charge in [0.2, 0.25) is 0 Å². The molecule has 3 N–H and O–H groups in total. The van der Waals surface area contributed by atoms with E-state index in [4.69, 9.17) is 15.7 Å². The van der Waals surface area contributed by atoms with Crippen LogP contribution in [-0.2, 0) is 13.1 Å². The first-order chi connectivity index (χ1) is 15.7. The van der Waals surface area contributed by atoms with Gasteiger partial charge < -0.3 is 16.0 Å². The van der Waals surface area contributed by atoms with Crippen LogP contribution in [0.3, 0.4) is 0 Å². The summed E-state index contributed by atoms with van der Waals surface area (Å²) in [7, 11) is 2.08. The average Bonchev–Trinajstić information content (AvgIpc) is 3.57. The van der Waals surface area contributed by atoms with Crippen LogP contribution in [0.15, 0.2) is 55.0 Å². The molecule has 0 saturated heterocycles. The number of fused-ring (bicyclic) bond motifs is 1. The summed E-state index contributed by atoms with van der Waals surface area (Å²) >= 11 is 0. The summed E-state index contributed by atoms with van der Waals surface area (Å²) in [6.45, 7) is 2.97. The topological polar surface area (TPSA) is 97.8 Å². The minimum absolute atomic E-state index is 0.442. The molecule has 5 rings (SSSR count). The smallest absolute Gasteiger partial charge is 0.164 e. The fourth-order valence-corrected chi connectivity index (χ4v) is 3.88. The van der Waals surface area contributed by atoms with Crippen molar-refractivity contribution in [2.24, 2.45) is 5.73 Å². The average molecular weight is 429 g/mol. The van der Waals surface area contributed by atoms with Crippen LogP contribution in [0.25, 0.3) is 22.4 Å². The Labute approximate surface area is 187 Å². The summed E-state index contributed by atoms with van der Waals surface area (Å²) in [4.78, 5) is 16.3. The molecular formula is C24H28N8. The number of nitrogens with one attached hydrogen (secondary N) is 1. The molecule has 3 aromatic heterocycles. The number of anilines is 1. The first-order valence-electron chi connectivity index (χ1n) is 11.1. The summed E-state index contributed by atoms with van der Waals surface area (Å²) in [5.41, 5.74) is 9.89. The Hall–Kier alpha value is -3.36. The van der Waals surface area contributed by atoms with E-state index < -0.39 is 0 Å². The normalized spacial score (nSPS) is 13.7. The molecule has 0 radical (unpaired) electrons. The van der Waals surface area contributed by atoms with Gasteiger partial charge in [-0.3, -0.25) is 4.98 Å². The molecule has 8 nitrogen and oxygen atoms in total. The molecule has 3 heterocycles. The van der Waals surface area contributed by atoms with Gasteiger partial charge >= 0.3 is 0 Å². The molecule has 1 aromatic carbocycles. The highest BCUT2D eigenvalue weighted by Crippen LogP contribution is 2.37. The van der Waals surface area contributed by atoms with E-state index in [1.807, 2.05) is 24.5 Å². The monoisotopic (exact) mass is 428 g/mol. The van der Waals surface area contributed by atoms with Crippen LogP contribution in [0.4, 0.5) is 5.82 Å². The van der Waals surface area contributed by atoms with Gasteiger partial charge in [0.25, 0.3) is 0 Å². The molecule has 0 spiro atoms. The molecule has 1 aliphatic rings. The fourth-order valence-electron chi connectivity index (χ4n) is 3.88. The lowest BCUT2D eigenvalue weighted by Crippen LogP contribution is -2.24. The van der Waals surface area contributed by atoms with Crippen molar-refractivity contribution in [1.82, 2.24) is 29.6 Å². The van der Waals surface area contributed by atoms with Gasteiger partial charge in [-0.05, 0) is 43.1 Å². The van der Waals surface area contributed by atoms with Crippen molar-refractivity contribution in [3.63, 3.8) is 0 Å². The molecule has 0 aliphatic heterocycles. The van der Waals surface area contributed by atoms with E-state index in [2.05, 4.69) is 56.3 Å². The highest BCUT2D eigenvalue weighted by molar-refractivity contribution is 5.88. The Kier molecular flexibility index (Phi) is 5.79. The van der Waals surface area contributed by atoms with Gasteiger partial charge in [0.05, 0.1) is 17.6 Å². The van der Waals surface area contributed by atoms with Gasteiger partial charge in [0.15, 0.2) is 11.5 Å². The number of benzene rings is 1. The second-order valence-corrected chi connectivity index (χ2v) is 8.40. The van der Waals surface area contributed by atoms with Crippen molar-refractivity contribution in [1.29, 1.82) is 0 Å². The number of hydrogen-bond acceptors (Lipinski definition) is 7. The molecule has 0 amide bonds. The van der Waals surface area contributed by atoms with Crippen molar-refractivity contribution >= 4 is 16.9 Å². The molecule has 0 atom stereocenters. The van der Waals surface area contributed by atoms with E-state index in [-0.39, 0.29) is 0 Å². The highest BCUT2D eigenvalue weighted by atomic mass is 15.3. The number of pyridine rings is 1. The van der Waals surface area contributed by atoms with Crippen LogP contribution >= 0.6 is 0 Å². The number of rotatable bonds is 9. The standard InChI is InChI=1S/C24H28N8/c1-31(11-9-25)16-17-4-2-6-19(12-17)22-29-23(27-14-18-5-3-10-26-13-18)21-15-28-32(20-7-8-20)24(21)30-22/h2-6,10,12-13,15,20H,7-9,11,14,16,25H2,1H3,(H,27,29,30). The number of hydrogen-bond donors (Lipinski definition) is 2. The van der Waals surface area contributed by atoms with E-state index in [1.165, 1.54) is 5.56 Å². The third-order valence-corrected chi connectivity index (χ3v) is 5.68. The minimum Gasteiger partial charge on any atom is -0.365 e. The number of likely N-dealkylation sites (N-methyl/N-ethyl adjacent to an activating group) is 1. The van der Waals surface area contributed by atoms with Crippen LogP contribution in [0.2, 0.25) is 0 Å². The van der Waals surface area contributed by atoms with E-state index in [9.17, 15) is 0 Å². The lowest BCUT2D eigenvalue weighted by atomic mass is 10.1. The molecule has 1 saturated carbocycles. The van der Waals surface area contributed by atoms with Gasteiger partial charge in [-0.25, -0.2) is 14.6 Å². The molecule has 1 aliphatic carbocycles.